The molecule has 0 saturated carbocycles. The summed E-state index contributed by atoms with van der Waals surface area (Å²) < 4.78 is 11.1. The van der Waals surface area contributed by atoms with Crippen LogP contribution in [0.25, 0.3) is 10.9 Å². The van der Waals surface area contributed by atoms with E-state index >= 15 is 0 Å². The van der Waals surface area contributed by atoms with Crippen molar-refractivity contribution in [3.8, 4) is 0 Å². The van der Waals surface area contributed by atoms with Crippen molar-refractivity contribution in [1.29, 1.82) is 0 Å². The highest BCUT2D eigenvalue weighted by atomic mass is 16.5. The molecule has 1 unspecified atom stereocenters. The van der Waals surface area contributed by atoms with E-state index in [1.165, 1.54) is 0 Å². The van der Waals surface area contributed by atoms with E-state index in [1.54, 1.807) is 6.07 Å². The second-order valence-electron chi connectivity index (χ2n) is 5.42. The normalized spacial score (nSPS) is 17.9. The number of rotatable bonds is 7. The Morgan fingerprint density at radius 2 is 2.32 bits per heavy atom. The van der Waals surface area contributed by atoms with Crippen molar-refractivity contribution in [3.05, 3.63) is 34.6 Å². The Hall–Kier alpha value is -1.92. The van der Waals surface area contributed by atoms with Crippen molar-refractivity contribution in [2.24, 2.45) is 0 Å². The molecule has 0 amide bonds. The lowest BCUT2D eigenvalue weighted by Gasteiger charge is -2.10. The van der Waals surface area contributed by atoms with Crippen LogP contribution in [0.15, 0.2) is 29.1 Å². The number of para-hydroxylation sites is 1. The summed E-state index contributed by atoms with van der Waals surface area (Å²) in [7, 11) is 0. The Balaban J connectivity index is 1.42. The lowest BCUT2D eigenvalue weighted by atomic mass is 10.2. The predicted molar refractivity (Wildman–Crippen MR) is 85.3 cm³/mol. The minimum atomic E-state index is -0.122. The van der Waals surface area contributed by atoms with Crippen LogP contribution >= 0.6 is 0 Å². The molecule has 1 atom stereocenters. The molecular weight excluding hydrogens is 282 g/mol. The molecule has 2 aromatic rings. The van der Waals surface area contributed by atoms with Gasteiger partial charge in [0.15, 0.2) is 0 Å². The van der Waals surface area contributed by atoms with E-state index in [4.69, 9.17) is 9.47 Å². The second-order valence-corrected chi connectivity index (χ2v) is 5.42. The topological polar surface area (TPSA) is 76.2 Å². The number of aromatic nitrogens is 2. The highest BCUT2D eigenvalue weighted by Gasteiger charge is 2.14. The van der Waals surface area contributed by atoms with E-state index in [0.717, 1.165) is 25.9 Å². The van der Waals surface area contributed by atoms with Gasteiger partial charge in [-0.15, -0.1) is 0 Å². The molecule has 0 aliphatic carbocycles. The van der Waals surface area contributed by atoms with Crippen molar-refractivity contribution in [2.75, 3.05) is 31.7 Å². The summed E-state index contributed by atoms with van der Waals surface area (Å²) in [6.07, 6.45) is 3.35. The van der Waals surface area contributed by atoms with Gasteiger partial charge in [-0.2, -0.15) is 0 Å². The van der Waals surface area contributed by atoms with Gasteiger partial charge in [0, 0.05) is 19.8 Å². The zero-order valence-electron chi connectivity index (χ0n) is 12.5. The molecule has 6 nitrogen and oxygen atoms in total. The van der Waals surface area contributed by atoms with Gasteiger partial charge < -0.3 is 14.8 Å². The van der Waals surface area contributed by atoms with Gasteiger partial charge in [0.1, 0.15) is 0 Å². The highest BCUT2D eigenvalue weighted by Crippen LogP contribution is 2.12. The molecule has 0 radical (unpaired) electrons. The maximum Gasteiger partial charge on any atom is 0.260 e. The standard InChI is InChI=1S/C16H21N3O3/c20-15-13-6-1-2-7-14(13)18-16(19-15)17-8-4-9-21-11-12-5-3-10-22-12/h1-2,6-7,12H,3-5,8-11H2,(H2,17,18,19,20). The lowest BCUT2D eigenvalue weighted by Crippen LogP contribution is -2.17. The van der Waals surface area contributed by atoms with E-state index in [2.05, 4.69) is 15.3 Å². The van der Waals surface area contributed by atoms with Crippen LogP contribution in [0, 0.1) is 0 Å². The number of nitrogens with zero attached hydrogens (tertiary/aromatic N) is 1. The zero-order chi connectivity index (χ0) is 15.2. The van der Waals surface area contributed by atoms with Crippen LogP contribution in [0.1, 0.15) is 19.3 Å². The van der Waals surface area contributed by atoms with Crippen molar-refractivity contribution < 1.29 is 9.47 Å². The molecule has 1 aliphatic rings. The first-order chi connectivity index (χ1) is 10.8. The summed E-state index contributed by atoms with van der Waals surface area (Å²) in [5.74, 6) is 0.503. The molecule has 2 N–H and O–H groups in total. The number of hydrogen-bond donors (Lipinski definition) is 2. The molecule has 1 aromatic carbocycles. The van der Waals surface area contributed by atoms with Gasteiger partial charge in [-0.1, -0.05) is 12.1 Å². The van der Waals surface area contributed by atoms with Crippen LogP contribution in [0.3, 0.4) is 0 Å². The lowest BCUT2D eigenvalue weighted by molar-refractivity contribution is 0.0172. The number of aromatic amines is 1. The molecule has 1 saturated heterocycles. The fourth-order valence-corrected chi connectivity index (χ4v) is 2.54. The number of nitrogens with one attached hydrogen (secondary N) is 2. The summed E-state index contributed by atoms with van der Waals surface area (Å²) in [5.41, 5.74) is 0.575. The van der Waals surface area contributed by atoms with Crippen molar-refractivity contribution in [3.63, 3.8) is 0 Å². The Bertz CT molecular complexity index is 665. The highest BCUT2D eigenvalue weighted by molar-refractivity contribution is 5.78. The van der Waals surface area contributed by atoms with Gasteiger partial charge in [0.05, 0.1) is 23.6 Å². The van der Waals surface area contributed by atoms with Gasteiger partial charge in [-0.05, 0) is 31.4 Å². The van der Waals surface area contributed by atoms with E-state index in [0.29, 0.717) is 36.6 Å². The third kappa shape index (κ3) is 3.84. The van der Waals surface area contributed by atoms with E-state index in [9.17, 15) is 4.79 Å². The zero-order valence-corrected chi connectivity index (χ0v) is 12.5. The number of H-pyrrole nitrogens is 1. The number of anilines is 1. The number of fused-ring (bicyclic) bond motifs is 1. The largest absolute Gasteiger partial charge is 0.379 e. The molecule has 0 spiro atoms. The first-order valence-electron chi connectivity index (χ1n) is 7.75. The van der Waals surface area contributed by atoms with Gasteiger partial charge in [0.2, 0.25) is 5.95 Å². The Morgan fingerprint density at radius 1 is 1.41 bits per heavy atom. The smallest absolute Gasteiger partial charge is 0.260 e. The molecule has 118 valence electrons. The van der Waals surface area contributed by atoms with Crippen LogP contribution in [-0.4, -0.2) is 42.4 Å². The molecule has 0 bridgehead atoms. The third-order valence-electron chi connectivity index (χ3n) is 3.70. The molecule has 22 heavy (non-hydrogen) atoms. The molecular formula is C16H21N3O3. The monoisotopic (exact) mass is 303 g/mol. The number of benzene rings is 1. The Morgan fingerprint density at radius 3 is 3.18 bits per heavy atom. The summed E-state index contributed by atoms with van der Waals surface area (Å²) >= 11 is 0. The van der Waals surface area contributed by atoms with Gasteiger partial charge in [0.25, 0.3) is 5.56 Å². The van der Waals surface area contributed by atoms with Crippen LogP contribution in [0.4, 0.5) is 5.95 Å². The van der Waals surface area contributed by atoms with Crippen molar-refractivity contribution >= 4 is 16.9 Å². The van der Waals surface area contributed by atoms with Gasteiger partial charge >= 0.3 is 0 Å². The number of hydrogen-bond acceptors (Lipinski definition) is 5. The Kier molecular flexibility index (Phi) is 5.03. The van der Waals surface area contributed by atoms with E-state index in [1.807, 2.05) is 18.2 Å². The second kappa shape index (κ2) is 7.38. The predicted octanol–water partition coefficient (Wildman–Crippen LogP) is 1.92. The first kappa shape index (κ1) is 15.0. The fourth-order valence-electron chi connectivity index (χ4n) is 2.54. The first-order valence-corrected chi connectivity index (χ1v) is 7.75. The average molecular weight is 303 g/mol. The average Bonchev–Trinajstić information content (AvgIpc) is 3.04. The maximum absolute atomic E-state index is 11.9. The molecule has 1 fully saturated rings. The molecule has 1 aliphatic heterocycles. The SMILES string of the molecule is O=c1[nH]c(NCCCOCC2CCCO2)nc2ccccc12. The van der Waals surface area contributed by atoms with E-state index in [-0.39, 0.29) is 11.7 Å². The van der Waals surface area contributed by atoms with E-state index < -0.39 is 0 Å². The minimum Gasteiger partial charge on any atom is -0.379 e. The summed E-state index contributed by atoms with van der Waals surface area (Å²) in [6, 6.07) is 7.31. The molecule has 2 heterocycles. The van der Waals surface area contributed by atoms with Gasteiger partial charge in [-0.3, -0.25) is 9.78 Å². The van der Waals surface area contributed by atoms with Crippen LogP contribution in [0.5, 0.6) is 0 Å². The van der Waals surface area contributed by atoms with Crippen molar-refractivity contribution in [2.45, 2.75) is 25.4 Å². The van der Waals surface area contributed by atoms with Crippen molar-refractivity contribution in [1.82, 2.24) is 9.97 Å². The quantitative estimate of drug-likeness (QED) is 0.764. The Labute approximate surface area is 128 Å². The van der Waals surface area contributed by atoms with Crippen LogP contribution in [0.2, 0.25) is 0 Å². The molecule has 1 aromatic heterocycles. The minimum absolute atomic E-state index is 0.122. The third-order valence-corrected chi connectivity index (χ3v) is 3.70. The van der Waals surface area contributed by atoms with Crippen LogP contribution in [-0.2, 0) is 9.47 Å². The fraction of sp³-hybridized carbons (Fsp3) is 0.500. The summed E-state index contributed by atoms with van der Waals surface area (Å²) in [5, 5.41) is 3.73. The maximum atomic E-state index is 11.9. The number of ether oxygens (including phenoxy) is 2. The van der Waals surface area contributed by atoms with Crippen LogP contribution < -0.4 is 10.9 Å². The molecule has 3 rings (SSSR count). The van der Waals surface area contributed by atoms with Gasteiger partial charge in [-0.25, -0.2) is 4.98 Å². The summed E-state index contributed by atoms with van der Waals surface area (Å²) in [4.78, 5) is 19.0. The molecule has 6 heteroatoms. The summed E-state index contributed by atoms with van der Waals surface area (Å²) in [6.45, 7) is 2.90.